The van der Waals surface area contributed by atoms with E-state index in [-0.39, 0.29) is 40.0 Å². The molecule has 0 saturated carbocycles. The third kappa shape index (κ3) is 6.46. The van der Waals surface area contributed by atoms with Crippen LogP contribution < -0.4 is 0 Å². The van der Waals surface area contributed by atoms with Crippen molar-refractivity contribution in [2.24, 2.45) is 30.0 Å². The van der Waals surface area contributed by atoms with E-state index in [0.29, 0.717) is 35.8 Å². The second-order valence-corrected chi connectivity index (χ2v) is 23.6. The van der Waals surface area contributed by atoms with Crippen LogP contribution in [0.5, 0.6) is 0 Å². The van der Waals surface area contributed by atoms with Crippen LogP contribution in [0.4, 0.5) is 28.8 Å². The lowest BCUT2D eigenvalue weighted by Crippen LogP contribution is -2.56. The molecule has 0 aromatic carbocycles. The number of rotatable bonds is 0. The fraction of sp³-hybridized carbons (Fsp3) is 0.750. The van der Waals surface area contributed by atoms with E-state index in [2.05, 4.69) is 30.0 Å². The number of amides is 12. The molecule has 36 heteroatoms. The van der Waals surface area contributed by atoms with E-state index in [1.807, 2.05) is 143 Å². The van der Waals surface area contributed by atoms with Gasteiger partial charge in [0.2, 0.25) is 0 Å². The molecule has 12 unspecified atom stereocenters. The van der Waals surface area contributed by atoms with Gasteiger partial charge in [-0.25, -0.2) is 28.8 Å². The van der Waals surface area contributed by atoms with Crippen molar-refractivity contribution in [2.75, 3.05) is 167 Å². The van der Waals surface area contributed by atoms with Gasteiger partial charge in [0.25, 0.3) is 0 Å². The van der Waals surface area contributed by atoms with Gasteiger partial charge in [-0.3, -0.25) is 88.8 Å². The van der Waals surface area contributed by atoms with E-state index in [9.17, 15) is 0 Å². The van der Waals surface area contributed by atoms with Gasteiger partial charge in [0.1, 0.15) is 114 Å². The number of aliphatic imine (C=N–C) groups is 6. The van der Waals surface area contributed by atoms with E-state index in [1.165, 1.54) is 0 Å². The van der Waals surface area contributed by atoms with Crippen molar-refractivity contribution in [1.82, 2.24) is 118 Å². The highest BCUT2D eigenvalue weighted by Gasteiger charge is 2.68. The van der Waals surface area contributed by atoms with Crippen LogP contribution in [0.1, 0.15) is 0 Å². The van der Waals surface area contributed by atoms with Gasteiger partial charge >= 0.3 is 36.2 Å². The van der Waals surface area contributed by atoms with E-state index in [0.717, 1.165) is 0 Å². The molecule has 0 aromatic heterocycles. The number of carbonyl (C=O) groups is 6. The highest BCUT2D eigenvalue weighted by molar-refractivity contribution is 5.94. The summed E-state index contributed by atoms with van der Waals surface area (Å²) < 4.78 is 0. The van der Waals surface area contributed by atoms with Crippen molar-refractivity contribution in [2.45, 2.75) is 74.0 Å². The van der Waals surface area contributed by atoms with Gasteiger partial charge in [0, 0.05) is 127 Å². The zero-order valence-corrected chi connectivity index (χ0v) is 51.0. The molecule has 36 nitrogen and oxygen atoms in total. The quantitative estimate of drug-likeness (QED) is 0.221. The summed E-state index contributed by atoms with van der Waals surface area (Å²) in [6.07, 6.45) is -8.49. The van der Waals surface area contributed by atoms with Gasteiger partial charge in [-0.05, 0) is 0 Å². The minimum atomic E-state index is -0.707. The Morgan fingerprint density at radius 3 is 0.357 bits per heavy atom. The van der Waals surface area contributed by atoms with Crippen LogP contribution in [0.2, 0.25) is 0 Å². The summed E-state index contributed by atoms with van der Waals surface area (Å²) in [6, 6.07) is -2.62. The van der Waals surface area contributed by atoms with E-state index in [1.54, 1.807) is 101 Å². The first-order chi connectivity index (χ1) is 40.0. The Morgan fingerprint density at radius 2 is 0.286 bits per heavy atom. The molecule has 84 heavy (non-hydrogen) atoms. The SMILES string of the molecule is CN=C1N(C)C2C(N1C)N1CN3C(=O)N(CN4C(=O)N(CN5C(=O)N(CN6C(=O)N(CN7C(=O)N(CN2C1=O)C1C7N(C)C(=NC)N1C)C1C6N(C)C(=NC)N1C)C1C5N(C)C(=NC)N1C)C1C4N(C)C(=NC)N1C)C1C3N(C)C(=NC)N1C. The van der Waals surface area contributed by atoms with Crippen molar-refractivity contribution >= 4 is 71.9 Å². The molecule has 13 aliphatic heterocycles. The lowest BCUT2D eigenvalue weighted by atomic mass is 10.3. The van der Waals surface area contributed by atoms with Crippen LogP contribution in [-0.2, 0) is 0 Å². The molecule has 0 aliphatic carbocycles. The number of hydrogen-bond donors (Lipinski definition) is 0. The van der Waals surface area contributed by atoms with Crippen molar-refractivity contribution in [1.29, 1.82) is 0 Å². The molecule has 13 aliphatic rings. The molecule has 12 bridgehead atoms. The van der Waals surface area contributed by atoms with Gasteiger partial charge in [-0.15, -0.1) is 0 Å². The summed E-state index contributed by atoms with van der Waals surface area (Å²) in [4.78, 5) is 165. The van der Waals surface area contributed by atoms with Crippen LogP contribution in [-0.4, -0.2) is 430 Å². The molecule has 13 fully saturated rings. The minimum Gasteiger partial charge on any atom is -0.321 e. The van der Waals surface area contributed by atoms with Crippen LogP contribution in [0.15, 0.2) is 30.0 Å². The first kappa shape index (κ1) is 54.5. The normalized spacial score (nSPS) is 33.9. The first-order valence-corrected chi connectivity index (χ1v) is 28.0. The topological polar surface area (TPSA) is 254 Å². The highest BCUT2D eigenvalue weighted by Crippen LogP contribution is 2.45. The summed E-state index contributed by atoms with van der Waals surface area (Å²) in [7, 11) is 32.4. The van der Waals surface area contributed by atoms with Crippen molar-refractivity contribution < 1.29 is 28.8 Å². The molecule has 12 atom stereocenters. The molecule has 12 amide bonds. The van der Waals surface area contributed by atoms with E-state index < -0.39 is 110 Å². The molecule has 13 rings (SSSR count). The Hall–Kier alpha value is -8.76. The molecule has 0 spiro atoms. The van der Waals surface area contributed by atoms with Crippen LogP contribution in [0.3, 0.4) is 0 Å². The van der Waals surface area contributed by atoms with Crippen LogP contribution in [0.25, 0.3) is 0 Å². The van der Waals surface area contributed by atoms with Crippen LogP contribution >= 0.6 is 0 Å². The third-order valence-electron chi connectivity index (χ3n) is 20.0. The molecule has 13 heterocycles. The number of urea groups is 6. The summed E-state index contributed by atoms with van der Waals surface area (Å²) >= 11 is 0. The number of carbonyl (C=O) groups excluding carboxylic acids is 6. The Bertz CT molecular complexity index is 2400. The Balaban J connectivity index is 0.973. The van der Waals surface area contributed by atoms with Crippen LogP contribution in [0, 0.1) is 0 Å². The maximum atomic E-state index is 15.8. The summed E-state index contributed by atoms with van der Waals surface area (Å²) in [6.45, 7) is -1.24. The summed E-state index contributed by atoms with van der Waals surface area (Å²) in [5, 5.41) is 0. The number of guanidine groups is 6. The molecule has 0 radical (unpaired) electrons. The highest BCUT2D eigenvalue weighted by atomic mass is 16.2. The predicted octanol–water partition coefficient (Wildman–Crippen LogP) is -4.74. The molecule has 0 N–H and O–H groups in total. The average Bonchev–Trinajstić information content (AvgIpc) is 1.74. The van der Waals surface area contributed by atoms with E-state index >= 15 is 28.8 Å². The van der Waals surface area contributed by atoms with E-state index in [4.69, 9.17) is 0 Å². The second-order valence-electron chi connectivity index (χ2n) is 23.6. The van der Waals surface area contributed by atoms with Gasteiger partial charge in [-0.2, -0.15) is 0 Å². The molecule has 13 saturated heterocycles. The zero-order valence-electron chi connectivity index (χ0n) is 51.0. The predicted molar refractivity (Wildman–Crippen MR) is 302 cm³/mol. The van der Waals surface area contributed by atoms with Gasteiger partial charge < -0.3 is 58.8 Å². The Kier molecular flexibility index (Phi) is 11.9. The Labute approximate surface area is 487 Å². The monoisotopic (exact) mass is 1170 g/mol. The van der Waals surface area contributed by atoms with Crippen molar-refractivity contribution in [3.8, 4) is 0 Å². The van der Waals surface area contributed by atoms with Gasteiger partial charge in [-0.1, -0.05) is 0 Å². The third-order valence-corrected chi connectivity index (χ3v) is 20.0. The molecular formula is C48H78N30O6. The van der Waals surface area contributed by atoms with Crippen molar-refractivity contribution in [3.05, 3.63) is 0 Å². The fourth-order valence-electron chi connectivity index (χ4n) is 16.7. The fourth-order valence-corrected chi connectivity index (χ4v) is 16.7. The van der Waals surface area contributed by atoms with Gasteiger partial charge in [0.05, 0.1) is 0 Å². The maximum Gasteiger partial charge on any atom is 0.326 e. The first-order valence-electron chi connectivity index (χ1n) is 28.0. The minimum absolute atomic E-state index is 0.206. The lowest BCUT2D eigenvalue weighted by Gasteiger charge is -2.37. The maximum absolute atomic E-state index is 15.8. The number of fused-ring (bicyclic) bond motifs is 30. The zero-order chi connectivity index (χ0) is 60.2. The standard InChI is InChI=1S/C48H78N30O6/c1-49-37-55(7)25-26(56(37)8)68-20-70-28-30(60(12)39(51-3)58(28)10)72(45(70)81)22-74-32-34(64(16)41(53-5)62(32)14)76(47(74)83)24-78-36-35(65(17)42(54-6)66(36)18)77(48(78)84)23-75-33-31(61(13)40(52-4)63(33)15)73(46(75)82)21-71-29-27(57(9)38(50-2)59(29)11)69(44(71)80)19-67(25)43(68)79/h25-36H,19-24H2,1-18H3. The smallest absolute Gasteiger partial charge is 0.321 e. The van der Waals surface area contributed by atoms with Crippen molar-refractivity contribution in [3.63, 3.8) is 0 Å². The lowest BCUT2D eigenvalue weighted by molar-refractivity contribution is 0.0596. The Morgan fingerprint density at radius 1 is 0.202 bits per heavy atom. The molecule has 0 aromatic rings. The number of hydrogen-bond acceptors (Lipinski definition) is 12. The largest absolute Gasteiger partial charge is 0.326 e. The average molecular weight is 1170 g/mol. The summed E-state index contributed by atoms with van der Waals surface area (Å²) in [5.41, 5.74) is 0. The van der Waals surface area contributed by atoms with Gasteiger partial charge in [0.15, 0.2) is 35.8 Å². The number of nitrogens with zero attached hydrogens (tertiary/aromatic N) is 30. The number of likely N-dealkylation sites (N-methyl/N-ethyl adjacent to an activating group) is 12. The molecular weight excluding hydrogens is 1090 g/mol. The second kappa shape index (κ2) is 18.4. The molecule has 456 valence electrons. The summed E-state index contributed by atoms with van der Waals surface area (Å²) in [5.74, 6) is 3.50.